The number of fused-ring (bicyclic) bond motifs is 1. The van der Waals surface area contributed by atoms with Crippen LogP contribution in [0.5, 0.6) is 0 Å². The van der Waals surface area contributed by atoms with Crippen LogP contribution in [0.4, 0.5) is 0 Å². The zero-order valence-electron chi connectivity index (χ0n) is 8.52. The van der Waals surface area contributed by atoms with Crippen LogP contribution in [0.2, 0.25) is 0 Å². The quantitative estimate of drug-likeness (QED) is 0.676. The lowest BCUT2D eigenvalue weighted by Crippen LogP contribution is -2.29. The molecule has 0 aromatic carbocycles. The van der Waals surface area contributed by atoms with Crippen molar-refractivity contribution in [3.05, 3.63) is 18.9 Å². The molecule has 7 nitrogen and oxygen atoms in total. The lowest BCUT2D eigenvalue weighted by molar-refractivity contribution is -0.00643. The maximum atomic E-state index is 9.03. The van der Waals surface area contributed by atoms with Crippen molar-refractivity contribution in [3.63, 3.8) is 0 Å². The van der Waals surface area contributed by atoms with E-state index in [2.05, 4.69) is 15.0 Å². The minimum absolute atomic E-state index is 0.0488. The molecule has 0 aliphatic rings. The van der Waals surface area contributed by atoms with Crippen molar-refractivity contribution in [1.82, 2.24) is 19.7 Å². The van der Waals surface area contributed by atoms with E-state index in [-0.39, 0.29) is 13.2 Å². The molecule has 2 rings (SSSR count). The van der Waals surface area contributed by atoms with E-state index in [4.69, 9.17) is 15.1 Å². The molecule has 1 atom stereocenters. The first-order chi connectivity index (χ1) is 7.85. The molecule has 7 heteroatoms. The molecule has 2 heterocycles. The number of aliphatic hydroxyl groups excluding tert-OH is 2. The molecule has 2 aromatic heterocycles. The van der Waals surface area contributed by atoms with Gasteiger partial charge in [0.25, 0.3) is 0 Å². The average Bonchev–Trinajstić information content (AvgIpc) is 2.72. The molecule has 2 aromatic rings. The monoisotopic (exact) mass is 224 g/mol. The number of hydrogen-bond acceptors (Lipinski definition) is 6. The van der Waals surface area contributed by atoms with Gasteiger partial charge in [-0.1, -0.05) is 0 Å². The molecule has 0 radical (unpaired) electrons. The van der Waals surface area contributed by atoms with E-state index >= 15 is 0 Å². The molecule has 86 valence electrons. The Bertz CT molecular complexity index is 459. The van der Waals surface area contributed by atoms with E-state index in [9.17, 15) is 0 Å². The van der Waals surface area contributed by atoms with Gasteiger partial charge >= 0.3 is 0 Å². The fraction of sp³-hybridized carbons (Fsp3) is 0.444. The van der Waals surface area contributed by atoms with E-state index in [0.717, 1.165) is 0 Å². The van der Waals surface area contributed by atoms with Crippen molar-refractivity contribution in [2.75, 3.05) is 13.2 Å². The van der Waals surface area contributed by atoms with Gasteiger partial charge in [0.1, 0.15) is 18.2 Å². The Morgan fingerprint density at radius 1 is 1.38 bits per heavy atom. The Balaban J connectivity index is 2.20. The summed E-state index contributed by atoms with van der Waals surface area (Å²) in [5.74, 6) is 0. The molecule has 1 unspecified atom stereocenters. The van der Waals surface area contributed by atoms with E-state index < -0.39 is 6.10 Å². The smallest absolute Gasteiger partial charge is 0.199 e. The second-order valence-electron chi connectivity index (χ2n) is 3.22. The van der Waals surface area contributed by atoms with Gasteiger partial charge in [-0.05, 0) is 0 Å². The fourth-order valence-corrected chi connectivity index (χ4v) is 1.31. The Hall–Kier alpha value is -1.73. The van der Waals surface area contributed by atoms with Gasteiger partial charge in [0.15, 0.2) is 11.8 Å². The number of hydrogen-bond donors (Lipinski definition) is 2. The highest BCUT2D eigenvalue weighted by atomic mass is 16.7. The summed E-state index contributed by atoms with van der Waals surface area (Å²) < 4.78 is 1.37. The summed E-state index contributed by atoms with van der Waals surface area (Å²) in [6.07, 6.45) is 4.30. The van der Waals surface area contributed by atoms with Gasteiger partial charge in [-0.15, -0.1) is 0 Å². The molecule has 0 fully saturated rings. The molecule has 0 amide bonds. The van der Waals surface area contributed by atoms with E-state index in [1.807, 2.05) is 0 Å². The third-order valence-corrected chi connectivity index (χ3v) is 2.10. The topological polar surface area (TPSA) is 93.3 Å². The number of nitrogens with zero attached hydrogens (tertiary/aromatic N) is 4. The van der Waals surface area contributed by atoms with Crippen molar-refractivity contribution >= 4 is 11.2 Å². The molecular weight excluding hydrogens is 212 g/mol. The van der Waals surface area contributed by atoms with Crippen LogP contribution in [-0.4, -0.2) is 49.2 Å². The molecule has 0 saturated carbocycles. The first-order valence-corrected chi connectivity index (χ1v) is 4.87. The standard InChI is InChI=1S/C9H12N4O3/c14-2-1-7(4-15)16-13-6-12-8-3-10-5-11-9(8)13/h3,5-7,14-15H,1-2,4H2. The minimum atomic E-state index is -0.475. The molecule has 0 bridgehead atoms. The lowest BCUT2D eigenvalue weighted by Gasteiger charge is -2.15. The molecule has 0 spiro atoms. The van der Waals surface area contributed by atoms with E-state index in [1.54, 1.807) is 6.20 Å². The van der Waals surface area contributed by atoms with Crippen molar-refractivity contribution in [1.29, 1.82) is 0 Å². The third-order valence-electron chi connectivity index (χ3n) is 2.10. The summed E-state index contributed by atoms with van der Waals surface area (Å²) in [5, 5.41) is 17.8. The molecule has 0 aliphatic heterocycles. The van der Waals surface area contributed by atoms with Crippen LogP contribution in [0.25, 0.3) is 11.2 Å². The molecule has 0 saturated heterocycles. The van der Waals surface area contributed by atoms with Gasteiger partial charge in [-0.3, -0.25) is 0 Å². The fourth-order valence-electron chi connectivity index (χ4n) is 1.31. The Morgan fingerprint density at radius 2 is 2.25 bits per heavy atom. The summed E-state index contributed by atoms with van der Waals surface area (Å²) in [4.78, 5) is 17.3. The molecule has 16 heavy (non-hydrogen) atoms. The SMILES string of the molecule is OCCC(CO)On1cnc2cncnc21. The van der Waals surface area contributed by atoms with Gasteiger partial charge in [0.05, 0.1) is 12.8 Å². The number of aliphatic hydroxyl groups is 2. The Morgan fingerprint density at radius 3 is 3.00 bits per heavy atom. The van der Waals surface area contributed by atoms with Gasteiger partial charge in [-0.2, -0.15) is 4.73 Å². The highest BCUT2D eigenvalue weighted by molar-refractivity contribution is 5.68. The normalized spacial score (nSPS) is 12.9. The van der Waals surface area contributed by atoms with Crippen LogP contribution in [0, 0.1) is 0 Å². The van der Waals surface area contributed by atoms with Crippen LogP contribution < -0.4 is 4.84 Å². The van der Waals surface area contributed by atoms with Crippen molar-refractivity contribution in [2.45, 2.75) is 12.5 Å². The predicted molar refractivity (Wildman–Crippen MR) is 54.5 cm³/mol. The third kappa shape index (κ3) is 2.10. The zero-order valence-corrected chi connectivity index (χ0v) is 8.52. The van der Waals surface area contributed by atoms with Crippen LogP contribution in [-0.2, 0) is 0 Å². The van der Waals surface area contributed by atoms with E-state index in [0.29, 0.717) is 17.6 Å². The molecule has 2 N–H and O–H groups in total. The highest BCUT2D eigenvalue weighted by Crippen LogP contribution is 2.06. The highest BCUT2D eigenvalue weighted by Gasteiger charge is 2.11. The predicted octanol–water partition coefficient (Wildman–Crippen LogP) is -1.00. The van der Waals surface area contributed by atoms with Crippen molar-refractivity contribution in [3.8, 4) is 0 Å². The van der Waals surface area contributed by atoms with Crippen LogP contribution >= 0.6 is 0 Å². The second-order valence-corrected chi connectivity index (χ2v) is 3.22. The summed E-state index contributed by atoms with van der Waals surface area (Å²) in [6, 6.07) is 0. The maximum absolute atomic E-state index is 9.03. The van der Waals surface area contributed by atoms with Crippen LogP contribution in [0.15, 0.2) is 18.9 Å². The number of imidazole rings is 1. The summed E-state index contributed by atoms with van der Waals surface area (Å²) >= 11 is 0. The summed E-state index contributed by atoms with van der Waals surface area (Å²) in [7, 11) is 0. The van der Waals surface area contributed by atoms with Gasteiger partial charge in [0.2, 0.25) is 0 Å². The van der Waals surface area contributed by atoms with Gasteiger partial charge in [0, 0.05) is 13.0 Å². The minimum Gasteiger partial charge on any atom is -0.405 e. The van der Waals surface area contributed by atoms with Gasteiger partial charge < -0.3 is 15.1 Å². The zero-order chi connectivity index (χ0) is 11.4. The van der Waals surface area contributed by atoms with Crippen LogP contribution in [0.3, 0.4) is 0 Å². The summed E-state index contributed by atoms with van der Waals surface area (Å²) in [5.41, 5.74) is 1.15. The van der Waals surface area contributed by atoms with Gasteiger partial charge in [-0.25, -0.2) is 15.0 Å². The molecular formula is C9H12N4O3. The van der Waals surface area contributed by atoms with Crippen LogP contribution in [0.1, 0.15) is 6.42 Å². The Labute approximate surface area is 91.3 Å². The maximum Gasteiger partial charge on any atom is 0.199 e. The molecule has 0 aliphatic carbocycles. The number of aromatic nitrogens is 4. The first-order valence-electron chi connectivity index (χ1n) is 4.87. The van der Waals surface area contributed by atoms with Crippen molar-refractivity contribution < 1.29 is 15.1 Å². The number of rotatable bonds is 5. The second kappa shape index (κ2) is 4.86. The van der Waals surface area contributed by atoms with Crippen molar-refractivity contribution in [2.24, 2.45) is 0 Å². The lowest BCUT2D eigenvalue weighted by atomic mass is 10.3. The Kier molecular flexibility index (Phi) is 3.28. The first kappa shape index (κ1) is 10.8. The van der Waals surface area contributed by atoms with E-state index in [1.165, 1.54) is 17.4 Å². The largest absolute Gasteiger partial charge is 0.405 e. The average molecular weight is 224 g/mol. The summed E-state index contributed by atoms with van der Waals surface area (Å²) in [6.45, 7) is -0.224.